The Hall–Kier alpha value is -0.680. The van der Waals surface area contributed by atoms with Gasteiger partial charge in [-0.3, -0.25) is 4.98 Å². The fraction of sp³-hybridized carbons (Fsp3) is 0.100. The molecule has 2 rings (SSSR count). The summed E-state index contributed by atoms with van der Waals surface area (Å²) in [4.78, 5) is 4.28. The van der Waals surface area contributed by atoms with Crippen molar-refractivity contribution >= 4 is 33.5 Å². The second-order valence-corrected chi connectivity index (χ2v) is 4.05. The van der Waals surface area contributed by atoms with E-state index in [1.54, 1.807) is 0 Å². The molecule has 1 aromatic carbocycles. The first kappa shape index (κ1) is 8.90. The van der Waals surface area contributed by atoms with Gasteiger partial charge in [0.05, 0.1) is 12.1 Å². The lowest BCUT2D eigenvalue weighted by Gasteiger charge is -2.02. The Morgan fingerprint density at radius 2 is 2.23 bits per heavy atom. The zero-order valence-electron chi connectivity index (χ0n) is 6.87. The minimum absolute atomic E-state index is 0.0466. The van der Waals surface area contributed by atoms with E-state index in [-0.39, 0.29) is 6.61 Å². The second kappa shape index (κ2) is 3.59. The van der Waals surface area contributed by atoms with Crippen LogP contribution in [0.5, 0.6) is 0 Å². The first-order valence-corrected chi connectivity index (χ1v) is 5.03. The van der Waals surface area contributed by atoms with Gasteiger partial charge in [-0.2, -0.15) is 0 Å². The van der Waals surface area contributed by atoms with E-state index in [0.29, 0.717) is 0 Å². The summed E-state index contributed by atoms with van der Waals surface area (Å²) in [5, 5.41) is 10.1. The molecule has 13 heavy (non-hydrogen) atoms. The van der Waals surface area contributed by atoms with Crippen LogP contribution in [0.25, 0.3) is 10.9 Å². The number of aliphatic hydroxyl groups is 1. The Labute approximate surface area is 89.8 Å². The number of nitrogens with zero attached hydrogens (tertiary/aromatic N) is 1. The van der Waals surface area contributed by atoms with Crippen LogP contribution in [0.2, 0.25) is 0 Å². The van der Waals surface area contributed by atoms with Crippen LogP contribution in [0.4, 0.5) is 0 Å². The zero-order chi connectivity index (χ0) is 9.26. The van der Waals surface area contributed by atoms with Crippen molar-refractivity contribution in [2.75, 3.05) is 0 Å². The number of hydrogen-bond acceptors (Lipinski definition) is 2. The lowest BCUT2D eigenvalue weighted by atomic mass is 10.1. The third kappa shape index (κ3) is 1.66. The van der Waals surface area contributed by atoms with Crippen LogP contribution in [0.3, 0.4) is 0 Å². The SMILES string of the molecule is OCc1cccc2cc(I)cnc12. The molecule has 1 heterocycles. The fourth-order valence-corrected chi connectivity index (χ4v) is 1.80. The van der Waals surface area contributed by atoms with Gasteiger partial charge in [-0.05, 0) is 28.7 Å². The molecule has 0 aliphatic heterocycles. The van der Waals surface area contributed by atoms with Crippen LogP contribution in [0.15, 0.2) is 30.5 Å². The van der Waals surface area contributed by atoms with Crippen LogP contribution in [-0.2, 0) is 6.61 Å². The van der Waals surface area contributed by atoms with Gasteiger partial charge in [0, 0.05) is 20.7 Å². The number of benzene rings is 1. The number of halogens is 1. The molecule has 0 unspecified atom stereocenters. The quantitative estimate of drug-likeness (QED) is 0.816. The highest BCUT2D eigenvalue weighted by Crippen LogP contribution is 2.18. The molecule has 2 nitrogen and oxygen atoms in total. The molecular weight excluding hydrogens is 277 g/mol. The fourth-order valence-electron chi connectivity index (χ4n) is 1.32. The van der Waals surface area contributed by atoms with Crippen molar-refractivity contribution in [3.8, 4) is 0 Å². The van der Waals surface area contributed by atoms with Gasteiger partial charge in [0.2, 0.25) is 0 Å². The van der Waals surface area contributed by atoms with Crippen molar-refractivity contribution in [3.63, 3.8) is 0 Å². The summed E-state index contributed by atoms with van der Waals surface area (Å²) in [5.74, 6) is 0. The van der Waals surface area contributed by atoms with Crippen LogP contribution >= 0.6 is 22.6 Å². The second-order valence-electron chi connectivity index (χ2n) is 2.80. The highest BCUT2D eigenvalue weighted by molar-refractivity contribution is 14.1. The third-order valence-corrected chi connectivity index (χ3v) is 2.52. The standard InChI is InChI=1S/C10H8INO/c11-9-4-7-2-1-3-8(6-13)10(7)12-5-9/h1-5,13H,6H2. The average molecular weight is 285 g/mol. The van der Waals surface area contributed by atoms with Crippen LogP contribution < -0.4 is 0 Å². The number of rotatable bonds is 1. The number of aliphatic hydroxyl groups excluding tert-OH is 1. The molecule has 1 N–H and O–H groups in total. The summed E-state index contributed by atoms with van der Waals surface area (Å²) in [6.07, 6.45) is 1.81. The van der Waals surface area contributed by atoms with E-state index in [1.807, 2.05) is 24.4 Å². The van der Waals surface area contributed by atoms with Gasteiger partial charge in [0.15, 0.2) is 0 Å². The Morgan fingerprint density at radius 1 is 1.38 bits per heavy atom. The molecular formula is C10H8INO. The highest BCUT2D eigenvalue weighted by Gasteiger charge is 2.00. The molecule has 2 aromatic rings. The Morgan fingerprint density at radius 3 is 3.00 bits per heavy atom. The first-order valence-electron chi connectivity index (χ1n) is 3.95. The van der Waals surface area contributed by atoms with Crippen LogP contribution in [-0.4, -0.2) is 10.1 Å². The Balaban J connectivity index is 2.77. The molecule has 0 saturated heterocycles. The van der Waals surface area contributed by atoms with Crippen molar-refractivity contribution in [1.82, 2.24) is 4.98 Å². The van der Waals surface area contributed by atoms with Crippen LogP contribution in [0.1, 0.15) is 5.56 Å². The van der Waals surface area contributed by atoms with Crippen molar-refractivity contribution in [3.05, 3.63) is 39.6 Å². The molecule has 0 bridgehead atoms. The van der Waals surface area contributed by atoms with Gasteiger partial charge in [0.25, 0.3) is 0 Å². The van der Waals surface area contributed by atoms with E-state index in [9.17, 15) is 0 Å². The Bertz CT molecular complexity index is 442. The van der Waals surface area contributed by atoms with Gasteiger partial charge >= 0.3 is 0 Å². The molecule has 0 aliphatic carbocycles. The Kier molecular flexibility index (Phi) is 2.46. The summed E-state index contributed by atoms with van der Waals surface area (Å²) in [6.45, 7) is 0.0466. The minimum atomic E-state index is 0.0466. The van der Waals surface area contributed by atoms with Crippen molar-refractivity contribution < 1.29 is 5.11 Å². The molecule has 0 atom stereocenters. The van der Waals surface area contributed by atoms with E-state index in [0.717, 1.165) is 20.0 Å². The maximum Gasteiger partial charge on any atom is 0.0757 e. The predicted molar refractivity (Wildman–Crippen MR) is 60.4 cm³/mol. The maximum atomic E-state index is 9.06. The van der Waals surface area contributed by atoms with E-state index in [2.05, 4.69) is 33.6 Å². The molecule has 0 aliphatic rings. The normalized spacial score (nSPS) is 10.6. The van der Waals surface area contributed by atoms with E-state index in [4.69, 9.17) is 5.11 Å². The van der Waals surface area contributed by atoms with Gasteiger partial charge < -0.3 is 5.11 Å². The van der Waals surface area contributed by atoms with Gasteiger partial charge in [0.1, 0.15) is 0 Å². The molecule has 66 valence electrons. The topological polar surface area (TPSA) is 33.1 Å². The molecule has 0 fully saturated rings. The first-order chi connectivity index (χ1) is 6.31. The third-order valence-electron chi connectivity index (χ3n) is 1.93. The van der Waals surface area contributed by atoms with E-state index >= 15 is 0 Å². The number of fused-ring (bicyclic) bond motifs is 1. The summed E-state index contributed by atoms with van der Waals surface area (Å²) in [7, 11) is 0. The minimum Gasteiger partial charge on any atom is -0.392 e. The zero-order valence-corrected chi connectivity index (χ0v) is 9.02. The van der Waals surface area contributed by atoms with Gasteiger partial charge in [-0.1, -0.05) is 18.2 Å². The maximum absolute atomic E-state index is 9.06. The monoisotopic (exact) mass is 285 g/mol. The highest BCUT2D eigenvalue weighted by atomic mass is 127. The lowest BCUT2D eigenvalue weighted by molar-refractivity contribution is 0.283. The largest absolute Gasteiger partial charge is 0.392 e. The molecule has 0 spiro atoms. The van der Waals surface area contributed by atoms with Crippen molar-refractivity contribution in [2.24, 2.45) is 0 Å². The lowest BCUT2D eigenvalue weighted by Crippen LogP contribution is -1.88. The summed E-state index contributed by atoms with van der Waals surface area (Å²) in [6, 6.07) is 7.89. The van der Waals surface area contributed by atoms with Gasteiger partial charge in [-0.15, -0.1) is 0 Å². The number of para-hydroxylation sites is 1. The average Bonchev–Trinajstić information content (AvgIpc) is 2.16. The molecule has 3 heteroatoms. The van der Waals surface area contributed by atoms with Gasteiger partial charge in [-0.25, -0.2) is 0 Å². The summed E-state index contributed by atoms with van der Waals surface area (Å²) in [5.41, 5.74) is 1.78. The van der Waals surface area contributed by atoms with E-state index < -0.39 is 0 Å². The van der Waals surface area contributed by atoms with Crippen molar-refractivity contribution in [1.29, 1.82) is 0 Å². The predicted octanol–water partition coefficient (Wildman–Crippen LogP) is 2.33. The number of pyridine rings is 1. The van der Waals surface area contributed by atoms with Crippen LogP contribution in [0, 0.1) is 3.57 Å². The van der Waals surface area contributed by atoms with Crippen molar-refractivity contribution in [2.45, 2.75) is 6.61 Å². The molecule has 0 saturated carbocycles. The summed E-state index contributed by atoms with van der Waals surface area (Å²) >= 11 is 2.23. The number of hydrogen-bond donors (Lipinski definition) is 1. The smallest absolute Gasteiger partial charge is 0.0757 e. The molecule has 0 radical (unpaired) electrons. The summed E-state index contributed by atoms with van der Waals surface area (Å²) < 4.78 is 1.11. The molecule has 1 aromatic heterocycles. The van der Waals surface area contributed by atoms with E-state index in [1.165, 1.54) is 0 Å². The number of aromatic nitrogens is 1. The molecule has 0 amide bonds.